The van der Waals surface area contributed by atoms with Gasteiger partial charge < -0.3 is 0 Å². The molecule has 1 saturated heterocycles. The third-order valence-electron chi connectivity index (χ3n) is 2.49. The Morgan fingerprint density at radius 3 is 3.08 bits per heavy atom. The fourth-order valence-corrected chi connectivity index (χ4v) is 3.50. The summed E-state index contributed by atoms with van der Waals surface area (Å²) in [4.78, 5) is 0. The Morgan fingerprint density at radius 2 is 2.31 bits per heavy atom. The van der Waals surface area contributed by atoms with Crippen LogP contribution in [-0.2, 0) is 6.42 Å². The molecular weight excluding hydrogens is 279 g/mol. The Bertz CT molecular complexity index is 358. The van der Waals surface area contributed by atoms with Crippen molar-refractivity contribution in [2.45, 2.75) is 10.3 Å². The van der Waals surface area contributed by atoms with E-state index in [1.807, 2.05) is 12.1 Å². The van der Waals surface area contributed by atoms with Crippen LogP contribution in [0, 0.1) is 0 Å². The van der Waals surface area contributed by atoms with E-state index >= 15 is 0 Å². The number of hydrogen-bond acceptors (Lipinski definition) is 2. The number of alkyl halides is 2. The maximum absolute atomic E-state index is 9.72. The summed E-state index contributed by atoms with van der Waals surface area (Å²) in [6.45, 7) is 0.789. The first kappa shape index (κ1) is 7.91. The zero-order valence-corrected chi connectivity index (χ0v) is 9.24. The number of benzene rings is 1. The summed E-state index contributed by atoms with van der Waals surface area (Å²) in [6, 6.07) is 3.81. The second-order valence-electron chi connectivity index (χ2n) is 3.36. The van der Waals surface area contributed by atoms with E-state index in [0.29, 0.717) is 30.9 Å². The van der Waals surface area contributed by atoms with Crippen LogP contribution in [-0.4, -0.2) is 16.1 Å². The average molecular weight is 289 g/mol. The standard InChI is InChI=1S/C10H10IO2/c12-8-2-1-6-3-4-13-10(6)9(8)7-5-11-7/h1-2,7,12H,3-5H2/q-1. The van der Waals surface area contributed by atoms with Gasteiger partial charge in [-0.15, -0.1) is 0 Å². The van der Waals surface area contributed by atoms with E-state index in [1.54, 1.807) is 0 Å². The molecule has 2 aliphatic heterocycles. The normalized spacial score (nSPS) is 24.5. The fraction of sp³-hybridized carbons (Fsp3) is 0.400. The molecule has 0 spiro atoms. The van der Waals surface area contributed by atoms with E-state index < -0.39 is 0 Å². The second-order valence-corrected chi connectivity index (χ2v) is 6.63. The Kier molecular flexibility index (Phi) is 1.68. The van der Waals surface area contributed by atoms with Gasteiger partial charge in [-0.3, -0.25) is 0 Å². The molecule has 1 fully saturated rings. The van der Waals surface area contributed by atoms with Gasteiger partial charge in [0.1, 0.15) is 0 Å². The molecule has 0 aliphatic carbocycles. The molecule has 2 nitrogen and oxygen atoms in total. The van der Waals surface area contributed by atoms with Crippen molar-refractivity contribution in [1.82, 2.24) is 0 Å². The molecule has 0 radical (unpaired) electrons. The summed E-state index contributed by atoms with van der Waals surface area (Å²) >= 11 is 0.331. The van der Waals surface area contributed by atoms with Crippen molar-refractivity contribution < 1.29 is 31.0 Å². The number of phenolic OH excluding ortho intramolecular Hbond substituents is 1. The zero-order chi connectivity index (χ0) is 8.84. The topological polar surface area (TPSA) is 29.5 Å². The molecule has 70 valence electrons. The van der Waals surface area contributed by atoms with E-state index in [9.17, 15) is 5.11 Å². The van der Waals surface area contributed by atoms with Gasteiger partial charge in [0.15, 0.2) is 0 Å². The predicted octanol–water partition coefficient (Wildman–Crippen LogP) is -1.53. The van der Waals surface area contributed by atoms with Crippen molar-refractivity contribution in [3.8, 4) is 11.5 Å². The number of fused-ring (bicyclic) bond motifs is 1. The summed E-state index contributed by atoms with van der Waals surface area (Å²) in [7, 11) is 0. The van der Waals surface area contributed by atoms with Gasteiger partial charge in [-0.2, -0.15) is 0 Å². The molecular formula is C10H10IO2-. The van der Waals surface area contributed by atoms with Gasteiger partial charge in [0.2, 0.25) is 0 Å². The monoisotopic (exact) mass is 289 g/mol. The van der Waals surface area contributed by atoms with Crippen LogP contribution in [0.3, 0.4) is 0 Å². The first-order valence-corrected chi connectivity index (χ1v) is 7.18. The van der Waals surface area contributed by atoms with E-state index in [4.69, 9.17) is 4.74 Å². The molecule has 0 bridgehead atoms. The Balaban J connectivity index is 2.18. The number of aromatic hydroxyl groups is 1. The van der Waals surface area contributed by atoms with Gasteiger partial charge >= 0.3 is 87.2 Å². The van der Waals surface area contributed by atoms with E-state index in [2.05, 4.69) is 0 Å². The van der Waals surface area contributed by atoms with Crippen LogP contribution >= 0.6 is 0 Å². The molecule has 13 heavy (non-hydrogen) atoms. The Labute approximate surface area is 87.2 Å². The second kappa shape index (κ2) is 2.77. The minimum atomic E-state index is 0.331. The predicted molar refractivity (Wildman–Crippen MR) is 44.9 cm³/mol. The van der Waals surface area contributed by atoms with E-state index in [0.717, 1.165) is 24.3 Å². The summed E-state index contributed by atoms with van der Waals surface area (Å²) in [5, 5.41) is 9.72. The minimum absolute atomic E-state index is 0.331. The van der Waals surface area contributed by atoms with Gasteiger partial charge in [0, 0.05) is 0 Å². The number of rotatable bonds is 1. The van der Waals surface area contributed by atoms with Gasteiger partial charge in [-0.1, -0.05) is 0 Å². The van der Waals surface area contributed by atoms with E-state index in [1.165, 1.54) is 9.99 Å². The van der Waals surface area contributed by atoms with Crippen molar-refractivity contribution >= 4 is 0 Å². The van der Waals surface area contributed by atoms with Crippen LogP contribution in [0.15, 0.2) is 12.1 Å². The molecule has 1 unspecified atom stereocenters. The molecule has 3 heteroatoms. The summed E-state index contributed by atoms with van der Waals surface area (Å²) in [5.41, 5.74) is 2.39. The van der Waals surface area contributed by atoms with Crippen molar-refractivity contribution in [2.24, 2.45) is 0 Å². The third-order valence-corrected chi connectivity index (χ3v) is 4.88. The van der Waals surface area contributed by atoms with Gasteiger partial charge in [0.05, 0.1) is 0 Å². The SMILES string of the molecule is Oc1ccc2c(c1C1C[I-]1)OCC2. The summed E-state index contributed by atoms with van der Waals surface area (Å²) in [6.07, 6.45) is 1.01. The molecule has 2 heterocycles. The summed E-state index contributed by atoms with van der Waals surface area (Å²) in [5.74, 6) is 1.45. The summed E-state index contributed by atoms with van der Waals surface area (Å²) < 4.78 is 7.55. The number of hydrogen-bond donors (Lipinski definition) is 1. The van der Waals surface area contributed by atoms with Crippen LogP contribution in [0.1, 0.15) is 15.1 Å². The molecule has 2 aliphatic rings. The van der Waals surface area contributed by atoms with Crippen molar-refractivity contribution in [1.29, 1.82) is 0 Å². The molecule has 0 aromatic heterocycles. The van der Waals surface area contributed by atoms with Gasteiger partial charge in [-0.25, -0.2) is 0 Å². The maximum atomic E-state index is 9.72. The fourth-order valence-electron chi connectivity index (χ4n) is 1.77. The molecule has 1 N–H and O–H groups in total. The molecule has 0 saturated carbocycles. The van der Waals surface area contributed by atoms with Crippen molar-refractivity contribution in [3.63, 3.8) is 0 Å². The van der Waals surface area contributed by atoms with Crippen LogP contribution in [0.5, 0.6) is 11.5 Å². The first-order chi connectivity index (χ1) is 6.36. The number of ether oxygens (including phenoxy) is 1. The Morgan fingerprint density at radius 1 is 1.46 bits per heavy atom. The molecule has 0 amide bonds. The van der Waals surface area contributed by atoms with Crippen LogP contribution in [0.4, 0.5) is 0 Å². The average Bonchev–Trinajstić information content (AvgIpc) is 2.82. The van der Waals surface area contributed by atoms with Crippen LogP contribution in [0.25, 0.3) is 0 Å². The third kappa shape index (κ3) is 1.21. The number of halogens is 1. The van der Waals surface area contributed by atoms with Gasteiger partial charge in [0.25, 0.3) is 0 Å². The van der Waals surface area contributed by atoms with Gasteiger partial charge in [-0.05, 0) is 0 Å². The Hall–Kier alpha value is -0.450. The molecule has 1 atom stereocenters. The van der Waals surface area contributed by atoms with Crippen molar-refractivity contribution in [3.05, 3.63) is 23.3 Å². The number of phenols is 1. The van der Waals surface area contributed by atoms with Crippen LogP contribution < -0.4 is 25.9 Å². The van der Waals surface area contributed by atoms with Crippen molar-refractivity contribution in [2.75, 3.05) is 11.0 Å². The van der Waals surface area contributed by atoms with Crippen LogP contribution in [0.2, 0.25) is 0 Å². The molecule has 3 rings (SSSR count). The first-order valence-electron chi connectivity index (χ1n) is 4.41. The molecule has 1 aromatic rings. The quantitative estimate of drug-likeness (QED) is 0.502. The van der Waals surface area contributed by atoms with E-state index in [-0.39, 0.29) is 0 Å². The molecule has 1 aromatic carbocycles. The zero-order valence-electron chi connectivity index (χ0n) is 7.09.